The third-order valence-electron chi connectivity index (χ3n) is 5.44. The molecule has 2 aromatic carbocycles. The van der Waals surface area contributed by atoms with Crippen molar-refractivity contribution in [2.45, 2.75) is 32.2 Å². The first kappa shape index (κ1) is 20.5. The van der Waals surface area contributed by atoms with Gasteiger partial charge in [-0.2, -0.15) is 0 Å². The number of amides is 1. The van der Waals surface area contributed by atoms with Crippen molar-refractivity contribution in [3.63, 3.8) is 0 Å². The lowest BCUT2D eigenvalue weighted by molar-refractivity contribution is -0.122. The van der Waals surface area contributed by atoms with E-state index in [-0.39, 0.29) is 18.4 Å². The minimum atomic E-state index is -0.415. The summed E-state index contributed by atoms with van der Waals surface area (Å²) in [6, 6.07) is 11.1. The molecule has 2 heterocycles. The Morgan fingerprint density at radius 2 is 2.10 bits per heavy atom. The maximum Gasteiger partial charge on any atom is 0.339 e. The number of benzene rings is 2. The summed E-state index contributed by atoms with van der Waals surface area (Å²) in [5, 5.41) is 3.92. The standard InChI is InChI=1S/C23H22BrNO5/c1-13-16-5-4-15(28-2)12-21(16)30-23(27)17(13)6-8-22(26)25-19-9-10-29-20-7-3-14(24)11-18(19)20/h3-5,7,11-12,19H,6,8-10H2,1-2H3,(H,25,26). The molecule has 1 unspecified atom stereocenters. The SMILES string of the molecule is COc1ccc2c(C)c(CCC(=O)NC3CCOc4ccc(Br)cc43)c(=O)oc2c1. The molecule has 1 atom stereocenters. The zero-order chi connectivity index (χ0) is 21.3. The van der Waals surface area contributed by atoms with Crippen molar-refractivity contribution >= 4 is 32.8 Å². The molecule has 1 aliphatic rings. The highest BCUT2D eigenvalue weighted by molar-refractivity contribution is 9.10. The quantitative estimate of drug-likeness (QED) is 0.556. The van der Waals surface area contributed by atoms with Gasteiger partial charge in [0, 0.05) is 39.9 Å². The van der Waals surface area contributed by atoms with Crippen LogP contribution in [-0.2, 0) is 11.2 Å². The van der Waals surface area contributed by atoms with Crippen molar-refractivity contribution in [1.29, 1.82) is 0 Å². The molecule has 0 bridgehead atoms. The lowest BCUT2D eigenvalue weighted by Gasteiger charge is -2.27. The Morgan fingerprint density at radius 3 is 2.90 bits per heavy atom. The summed E-state index contributed by atoms with van der Waals surface area (Å²) in [6.07, 6.45) is 1.22. The first-order valence-electron chi connectivity index (χ1n) is 9.78. The summed E-state index contributed by atoms with van der Waals surface area (Å²) in [5.41, 5.74) is 2.38. The molecule has 0 fully saturated rings. The third kappa shape index (κ3) is 4.07. The molecular weight excluding hydrogens is 450 g/mol. The van der Waals surface area contributed by atoms with E-state index in [2.05, 4.69) is 21.2 Å². The second kappa shape index (κ2) is 8.52. The average molecular weight is 472 g/mol. The Hall–Kier alpha value is -2.80. The van der Waals surface area contributed by atoms with Gasteiger partial charge >= 0.3 is 5.63 Å². The topological polar surface area (TPSA) is 77.8 Å². The highest BCUT2D eigenvalue weighted by Gasteiger charge is 2.23. The predicted molar refractivity (Wildman–Crippen MR) is 117 cm³/mol. The van der Waals surface area contributed by atoms with Crippen LogP contribution in [0.5, 0.6) is 11.5 Å². The minimum absolute atomic E-state index is 0.110. The van der Waals surface area contributed by atoms with Gasteiger partial charge < -0.3 is 19.2 Å². The number of methoxy groups -OCH3 is 1. The molecule has 30 heavy (non-hydrogen) atoms. The van der Waals surface area contributed by atoms with Crippen LogP contribution in [-0.4, -0.2) is 19.6 Å². The van der Waals surface area contributed by atoms with Gasteiger partial charge in [-0.3, -0.25) is 4.79 Å². The summed E-state index contributed by atoms with van der Waals surface area (Å²) < 4.78 is 17.3. The van der Waals surface area contributed by atoms with Crippen LogP contribution in [0.4, 0.5) is 0 Å². The number of halogens is 1. The van der Waals surface area contributed by atoms with Crippen molar-refractivity contribution in [3.05, 3.63) is 68.0 Å². The Morgan fingerprint density at radius 1 is 1.27 bits per heavy atom. The smallest absolute Gasteiger partial charge is 0.339 e. The van der Waals surface area contributed by atoms with Crippen LogP contribution in [0.2, 0.25) is 0 Å². The molecular formula is C23H22BrNO5. The van der Waals surface area contributed by atoms with Gasteiger partial charge in [-0.25, -0.2) is 4.79 Å². The fourth-order valence-corrected chi connectivity index (χ4v) is 4.19. The van der Waals surface area contributed by atoms with E-state index >= 15 is 0 Å². The molecule has 1 aromatic heterocycles. The lowest BCUT2D eigenvalue weighted by atomic mass is 9.99. The number of rotatable bonds is 5. The van der Waals surface area contributed by atoms with E-state index in [1.54, 1.807) is 13.2 Å². The zero-order valence-electron chi connectivity index (χ0n) is 16.8. The van der Waals surface area contributed by atoms with Crippen LogP contribution in [0.25, 0.3) is 11.0 Å². The molecule has 1 aliphatic heterocycles. The second-order valence-corrected chi connectivity index (χ2v) is 8.21. The zero-order valence-corrected chi connectivity index (χ0v) is 18.4. The number of hydrogen-bond acceptors (Lipinski definition) is 5. The minimum Gasteiger partial charge on any atom is -0.497 e. The highest BCUT2D eigenvalue weighted by Crippen LogP contribution is 2.34. The van der Waals surface area contributed by atoms with E-state index < -0.39 is 5.63 Å². The first-order chi connectivity index (χ1) is 14.5. The van der Waals surface area contributed by atoms with Gasteiger partial charge in [-0.1, -0.05) is 15.9 Å². The summed E-state index contributed by atoms with van der Waals surface area (Å²) in [6.45, 7) is 2.43. The van der Waals surface area contributed by atoms with E-state index in [0.29, 0.717) is 36.3 Å². The molecule has 0 spiro atoms. The van der Waals surface area contributed by atoms with Crippen molar-refractivity contribution in [1.82, 2.24) is 5.32 Å². The van der Waals surface area contributed by atoms with Crippen LogP contribution in [0.15, 0.2) is 50.1 Å². The molecule has 3 aromatic rings. The van der Waals surface area contributed by atoms with Gasteiger partial charge in [0.05, 0.1) is 19.8 Å². The number of hydrogen-bond donors (Lipinski definition) is 1. The fraction of sp³-hybridized carbons (Fsp3) is 0.304. The highest BCUT2D eigenvalue weighted by atomic mass is 79.9. The van der Waals surface area contributed by atoms with Gasteiger partial charge in [0.1, 0.15) is 17.1 Å². The molecule has 1 N–H and O–H groups in total. The van der Waals surface area contributed by atoms with Crippen LogP contribution in [0.1, 0.15) is 35.6 Å². The summed E-state index contributed by atoms with van der Waals surface area (Å²) >= 11 is 3.47. The molecule has 0 saturated heterocycles. The number of nitrogens with one attached hydrogen (secondary N) is 1. The van der Waals surface area contributed by atoms with E-state index in [4.69, 9.17) is 13.9 Å². The van der Waals surface area contributed by atoms with Crippen molar-refractivity contribution in [2.75, 3.05) is 13.7 Å². The maximum absolute atomic E-state index is 12.6. The van der Waals surface area contributed by atoms with Gasteiger partial charge in [0.2, 0.25) is 5.91 Å². The molecule has 4 rings (SSSR count). The third-order valence-corrected chi connectivity index (χ3v) is 5.94. The Kier molecular flexibility index (Phi) is 5.81. The molecule has 0 aliphatic carbocycles. The normalized spacial score (nSPS) is 15.4. The lowest BCUT2D eigenvalue weighted by Crippen LogP contribution is -2.32. The van der Waals surface area contributed by atoms with E-state index in [9.17, 15) is 9.59 Å². The molecule has 0 radical (unpaired) electrons. The van der Waals surface area contributed by atoms with Crippen molar-refractivity contribution in [2.24, 2.45) is 0 Å². The second-order valence-electron chi connectivity index (χ2n) is 7.29. The van der Waals surface area contributed by atoms with Gasteiger partial charge in [0.15, 0.2) is 0 Å². The molecule has 0 saturated carbocycles. The van der Waals surface area contributed by atoms with E-state index in [1.807, 2.05) is 37.3 Å². The van der Waals surface area contributed by atoms with Crippen LogP contribution >= 0.6 is 15.9 Å². The van der Waals surface area contributed by atoms with Crippen LogP contribution in [0, 0.1) is 6.92 Å². The largest absolute Gasteiger partial charge is 0.497 e. The summed E-state index contributed by atoms with van der Waals surface area (Å²) in [4.78, 5) is 25.1. The Balaban J connectivity index is 1.49. The Labute approximate surface area is 182 Å². The first-order valence-corrected chi connectivity index (χ1v) is 10.6. The molecule has 1 amide bonds. The van der Waals surface area contributed by atoms with E-state index in [1.165, 1.54) is 0 Å². The van der Waals surface area contributed by atoms with Crippen LogP contribution < -0.4 is 20.4 Å². The van der Waals surface area contributed by atoms with Gasteiger partial charge in [-0.05, 0) is 49.2 Å². The average Bonchev–Trinajstić information content (AvgIpc) is 2.73. The summed E-state index contributed by atoms with van der Waals surface area (Å²) in [7, 11) is 1.56. The molecule has 7 heteroatoms. The monoisotopic (exact) mass is 471 g/mol. The molecule has 6 nitrogen and oxygen atoms in total. The number of ether oxygens (including phenoxy) is 2. The summed E-state index contributed by atoms with van der Waals surface area (Å²) in [5.74, 6) is 1.30. The van der Waals surface area contributed by atoms with Gasteiger partial charge in [-0.15, -0.1) is 0 Å². The number of aryl methyl sites for hydroxylation is 1. The predicted octanol–water partition coefficient (Wildman–Crippen LogP) is 4.45. The molecule has 156 valence electrons. The van der Waals surface area contributed by atoms with Crippen molar-refractivity contribution < 1.29 is 18.7 Å². The van der Waals surface area contributed by atoms with Gasteiger partial charge in [0.25, 0.3) is 0 Å². The maximum atomic E-state index is 12.6. The number of carbonyl (C=O) groups excluding carboxylic acids is 1. The Bertz CT molecular complexity index is 1170. The van der Waals surface area contributed by atoms with Crippen molar-refractivity contribution in [3.8, 4) is 11.5 Å². The van der Waals surface area contributed by atoms with E-state index in [0.717, 1.165) is 26.7 Å². The fourth-order valence-electron chi connectivity index (χ4n) is 3.81. The number of fused-ring (bicyclic) bond motifs is 2. The number of carbonyl (C=O) groups is 1. The van der Waals surface area contributed by atoms with Crippen LogP contribution in [0.3, 0.4) is 0 Å².